The van der Waals surface area contributed by atoms with Crippen LogP contribution < -0.4 is 0 Å². The number of carbonyl (C=O) groups excluding carboxylic acids is 1. The van der Waals surface area contributed by atoms with Gasteiger partial charge >= 0.3 is 0 Å². The van der Waals surface area contributed by atoms with Crippen LogP contribution in [0.3, 0.4) is 0 Å². The van der Waals surface area contributed by atoms with Gasteiger partial charge in [0.25, 0.3) is 0 Å². The van der Waals surface area contributed by atoms with Crippen LogP contribution in [0.4, 0.5) is 0 Å². The highest BCUT2D eigenvalue weighted by atomic mass is 16.5. The van der Waals surface area contributed by atoms with E-state index in [0.717, 1.165) is 31.5 Å². The fraction of sp³-hybridized carbons (Fsp3) is 0.632. The SMILES string of the molecule is C[C@H]1CN(C(=O)C2(c3ccccc3)CCOCC2)C[C@H]1N(C)C. The van der Waals surface area contributed by atoms with Crippen LogP contribution in [0.5, 0.6) is 0 Å². The van der Waals surface area contributed by atoms with Crippen LogP contribution in [0, 0.1) is 5.92 Å². The van der Waals surface area contributed by atoms with Crippen LogP contribution >= 0.6 is 0 Å². The molecule has 0 aliphatic carbocycles. The van der Waals surface area contributed by atoms with Crippen molar-refractivity contribution in [2.24, 2.45) is 5.92 Å². The van der Waals surface area contributed by atoms with Crippen molar-refractivity contribution < 1.29 is 9.53 Å². The highest BCUT2D eigenvalue weighted by molar-refractivity contribution is 5.88. The van der Waals surface area contributed by atoms with Crippen LogP contribution in [0.15, 0.2) is 30.3 Å². The summed E-state index contributed by atoms with van der Waals surface area (Å²) in [5.74, 6) is 0.810. The molecule has 4 nitrogen and oxygen atoms in total. The predicted molar refractivity (Wildman–Crippen MR) is 91.4 cm³/mol. The Balaban J connectivity index is 1.88. The fourth-order valence-corrected chi connectivity index (χ4v) is 4.19. The summed E-state index contributed by atoms with van der Waals surface area (Å²) in [7, 11) is 4.22. The number of hydrogen-bond donors (Lipinski definition) is 0. The number of hydrogen-bond acceptors (Lipinski definition) is 3. The smallest absolute Gasteiger partial charge is 0.233 e. The zero-order chi connectivity index (χ0) is 16.4. The molecule has 0 spiro atoms. The molecule has 0 bridgehead atoms. The topological polar surface area (TPSA) is 32.8 Å². The molecule has 2 heterocycles. The Labute approximate surface area is 139 Å². The van der Waals surface area contributed by atoms with Gasteiger partial charge in [-0.05, 0) is 38.4 Å². The molecule has 3 rings (SSSR count). The molecule has 2 aliphatic rings. The van der Waals surface area contributed by atoms with E-state index in [1.165, 1.54) is 0 Å². The second-order valence-corrected chi connectivity index (χ2v) is 7.28. The average Bonchev–Trinajstić information content (AvgIpc) is 2.97. The first-order valence-electron chi connectivity index (χ1n) is 8.64. The Morgan fingerprint density at radius 1 is 1.17 bits per heavy atom. The Hall–Kier alpha value is -1.39. The van der Waals surface area contributed by atoms with Crippen LogP contribution in [-0.2, 0) is 14.9 Å². The summed E-state index contributed by atoms with van der Waals surface area (Å²) in [6.07, 6.45) is 1.57. The molecule has 2 atom stereocenters. The third-order valence-electron chi connectivity index (χ3n) is 5.61. The number of benzene rings is 1. The Kier molecular flexibility index (Phi) is 4.74. The number of nitrogens with zero attached hydrogens (tertiary/aromatic N) is 2. The second-order valence-electron chi connectivity index (χ2n) is 7.28. The molecule has 0 aromatic heterocycles. The molecule has 23 heavy (non-hydrogen) atoms. The van der Waals surface area contributed by atoms with Crippen molar-refractivity contribution in [2.75, 3.05) is 40.4 Å². The zero-order valence-electron chi connectivity index (χ0n) is 14.5. The van der Waals surface area contributed by atoms with Gasteiger partial charge in [0.15, 0.2) is 0 Å². The summed E-state index contributed by atoms with van der Waals surface area (Å²) in [4.78, 5) is 17.8. The van der Waals surface area contributed by atoms with Crippen LogP contribution in [-0.4, -0.2) is 62.1 Å². The lowest BCUT2D eigenvalue weighted by Gasteiger charge is -2.39. The van der Waals surface area contributed by atoms with Crippen molar-refractivity contribution in [1.29, 1.82) is 0 Å². The zero-order valence-corrected chi connectivity index (χ0v) is 14.5. The molecule has 126 valence electrons. The summed E-state index contributed by atoms with van der Waals surface area (Å²) < 4.78 is 5.56. The number of rotatable bonds is 3. The van der Waals surface area contributed by atoms with E-state index in [1.54, 1.807) is 0 Å². The van der Waals surface area contributed by atoms with Gasteiger partial charge < -0.3 is 14.5 Å². The van der Waals surface area contributed by atoms with E-state index in [0.29, 0.717) is 31.1 Å². The van der Waals surface area contributed by atoms with Crippen molar-refractivity contribution in [3.63, 3.8) is 0 Å². The normalized spacial score (nSPS) is 27.4. The van der Waals surface area contributed by atoms with E-state index >= 15 is 0 Å². The number of ether oxygens (including phenoxy) is 1. The molecule has 0 radical (unpaired) electrons. The van der Waals surface area contributed by atoms with Crippen LogP contribution in [0.25, 0.3) is 0 Å². The lowest BCUT2D eigenvalue weighted by atomic mass is 9.73. The summed E-state index contributed by atoms with van der Waals surface area (Å²) >= 11 is 0. The van der Waals surface area contributed by atoms with E-state index in [4.69, 9.17) is 4.74 Å². The number of amides is 1. The molecule has 1 aromatic rings. The quantitative estimate of drug-likeness (QED) is 0.856. The van der Waals surface area contributed by atoms with Crippen molar-refractivity contribution in [3.8, 4) is 0 Å². The maximum Gasteiger partial charge on any atom is 0.233 e. The van der Waals surface area contributed by atoms with Crippen LogP contribution in [0.1, 0.15) is 25.3 Å². The van der Waals surface area contributed by atoms with E-state index < -0.39 is 5.41 Å². The molecular formula is C19H28N2O2. The molecule has 4 heteroatoms. The molecule has 1 amide bonds. The van der Waals surface area contributed by atoms with E-state index in [2.05, 4.69) is 43.0 Å². The van der Waals surface area contributed by atoms with Gasteiger partial charge in [0.05, 0.1) is 5.41 Å². The third kappa shape index (κ3) is 3.02. The number of likely N-dealkylation sites (N-methyl/N-ethyl adjacent to an activating group) is 1. The Bertz CT molecular complexity index is 538. The maximum atomic E-state index is 13.5. The summed E-state index contributed by atoms with van der Waals surface area (Å²) in [5.41, 5.74) is 0.745. The largest absolute Gasteiger partial charge is 0.381 e. The number of likely N-dealkylation sites (tertiary alicyclic amines) is 1. The molecule has 0 unspecified atom stereocenters. The molecule has 0 N–H and O–H groups in total. The summed E-state index contributed by atoms with van der Waals surface area (Å²) in [6, 6.07) is 10.7. The monoisotopic (exact) mass is 316 g/mol. The lowest BCUT2D eigenvalue weighted by Crippen LogP contribution is -2.49. The summed E-state index contributed by atoms with van der Waals surface area (Å²) in [5, 5.41) is 0. The van der Waals surface area contributed by atoms with Gasteiger partial charge in [-0.3, -0.25) is 4.79 Å². The van der Waals surface area contributed by atoms with Crippen molar-refractivity contribution in [3.05, 3.63) is 35.9 Å². The second kappa shape index (κ2) is 6.62. The standard InChI is InChI=1S/C19H28N2O2/c1-15-13-21(14-17(15)20(2)3)18(22)19(9-11-23-12-10-19)16-7-5-4-6-8-16/h4-8,15,17H,9-14H2,1-3H3/t15-,17+/m0/s1. The van der Waals surface area contributed by atoms with Gasteiger partial charge in [0.1, 0.15) is 0 Å². The van der Waals surface area contributed by atoms with Crippen molar-refractivity contribution >= 4 is 5.91 Å². The predicted octanol–water partition coefficient (Wildman–Crippen LogP) is 2.14. The highest BCUT2D eigenvalue weighted by Gasteiger charge is 2.46. The van der Waals surface area contributed by atoms with Gasteiger partial charge in [-0.25, -0.2) is 0 Å². The third-order valence-corrected chi connectivity index (χ3v) is 5.61. The molecule has 2 saturated heterocycles. The first-order chi connectivity index (χ1) is 11.0. The minimum atomic E-state index is -0.402. The first kappa shape index (κ1) is 16.5. The summed E-state index contributed by atoms with van der Waals surface area (Å²) in [6.45, 7) is 5.28. The van der Waals surface area contributed by atoms with Crippen LogP contribution in [0.2, 0.25) is 0 Å². The lowest BCUT2D eigenvalue weighted by molar-refractivity contribution is -0.140. The van der Waals surface area contributed by atoms with Gasteiger partial charge in [-0.2, -0.15) is 0 Å². The van der Waals surface area contributed by atoms with E-state index in [9.17, 15) is 4.79 Å². The average molecular weight is 316 g/mol. The van der Waals surface area contributed by atoms with Crippen molar-refractivity contribution in [1.82, 2.24) is 9.80 Å². The van der Waals surface area contributed by atoms with Crippen molar-refractivity contribution in [2.45, 2.75) is 31.2 Å². The molecule has 2 aliphatic heterocycles. The number of carbonyl (C=O) groups is 1. The minimum Gasteiger partial charge on any atom is -0.381 e. The van der Waals surface area contributed by atoms with Gasteiger partial charge in [-0.1, -0.05) is 37.3 Å². The molecular weight excluding hydrogens is 288 g/mol. The minimum absolute atomic E-state index is 0.295. The molecule has 1 aromatic carbocycles. The van der Waals surface area contributed by atoms with E-state index in [1.807, 2.05) is 18.2 Å². The highest BCUT2D eigenvalue weighted by Crippen LogP contribution is 2.38. The Morgan fingerprint density at radius 3 is 2.39 bits per heavy atom. The maximum absolute atomic E-state index is 13.5. The van der Waals surface area contributed by atoms with Gasteiger partial charge in [0, 0.05) is 32.3 Å². The Morgan fingerprint density at radius 2 is 1.83 bits per heavy atom. The fourth-order valence-electron chi connectivity index (χ4n) is 4.19. The molecule has 0 saturated carbocycles. The van der Waals surface area contributed by atoms with Gasteiger partial charge in [0.2, 0.25) is 5.91 Å². The van der Waals surface area contributed by atoms with Gasteiger partial charge in [-0.15, -0.1) is 0 Å². The van der Waals surface area contributed by atoms with E-state index in [-0.39, 0.29) is 0 Å². The molecule has 2 fully saturated rings. The first-order valence-corrected chi connectivity index (χ1v) is 8.64.